The number of phenolic OH excluding ortho intramolecular Hbond substituents is 1. The lowest BCUT2D eigenvalue weighted by molar-refractivity contribution is 0.0522. The molecule has 0 radical (unpaired) electrons. The van der Waals surface area contributed by atoms with Crippen molar-refractivity contribution in [1.82, 2.24) is 0 Å². The summed E-state index contributed by atoms with van der Waals surface area (Å²) in [5.41, 5.74) is 0.661. The molecular weight excluding hydrogens is 230 g/mol. The lowest BCUT2D eigenvalue weighted by Gasteiger charge is -2.09. The molecule has 5 heteroatoms. The van der Waals surface area contributed by atoms with E-state index >= 15 is 0 Å². The third kappa shape index (κ3) is 2.44. The second-order valence-electron chi connectivity index (χ2n) is 3.00. The van der Waals surface area contributed by atoms with Gasteiger partial charge in [0.05, 0.1) is 18.2 Å². The number of rotatable bonds is 3. The number of hydrogen-bond acceptors (Lipinski definition) is 4. The number of benzene rings is 1. The highest BCUT2D eigenvalue weighted by atomic mass is 35.5. The zero-order valence-corrected chi connectivity index (χ0v) is 9.41. The smallest absolute Gasteiger partial charge is 0.342 e. The topological polar surface area (TPSA) is 70.3 Å². The van der Waals surface area contributed by atoms with Crippen LogP contribution in [0, 0.1) is 11.3 Å². The molecule has 0 aliphatic carbocycles. The molecule has 1 rings (SSSR count). The molecule has 1 N–H and O–H groups in total. The molecule has 0 unspecified atom stereocenters. The molecule has 16 heavy (non-hydrogen) atoms. The molecule has 0 fully saturated rings. The summed E-state index contributed by atoms with van der Waals surface area (Å²) in [4.78, 5) is 11.5. The predicted octanol–water partition coefficient (Wildman–Crippen LogP) is 2.18. The van der Waals surface area contributed by atoms with Crippen molar-refractivity contribution in [3.8, 4) is 11.8 Å². The van der Waals surface area contributed by atoms with Crippen LogP contribution in [0.5, 0.6) is 5.75 Å². The van der Waals surface area contributed by atoms with E-state index in [1.165, 1.54) is 12.1 Å². The normalized spacial score (nSPS) is 9.56. The molecule has 0 aliphatic heterocycles. The first-order chi connectivity index (χ1) is 7.63. The molecule has 0 saturated heterocycles. The van der Waals surface area contributed by atoms with Gasteiger partial charge in [-0.05, 0) is 24.6 Å². The number of ether oxygens (including phenoxy) is 1. The third-order valence-electron chi connectivity index (χ3n) is 1.95. The number of esters is 1. The molecule has 4 nitrogen and oxygen atoms in total. The van der Waals surface area contributed by atoms with Gasteiger partial charge in [-0.1, -0.05) is 0 Å². The standard InChI is InChI=1S/C11H10ClNO3/c1-2-16-11(15)10-8(5-12)3-7(6-13)4-9(10)14/h3-4,14H,2,5H2,1H3. The minimum absolute atomic E-state index is 0.0239. The van der Waals surface area contributed by atoms with E-state index in [-0.39, 0.29) is 29.4 Å². The van der Waals surface area contributed by atoms with Gasteiger partial charge in [0.15, 0.2) is 0 Å². The van der Waals surface area contributed by atoms with Gasteiger partial charge in [0.25, 0.3) is 0 Å². The number of hydrogen-bond donors (Lipinski definition) is 1. The Balaban J connectivity index is 3.28. The van der Waals surface area contributed by atoms with Crippen LogP contribution in [0.15, 0.2) is 12.1 Å². The fraction of sp³-hybridized carbons (Fsp3) is 0.273. The van der Waals surface area contributed by atoms with Gasteiger partial charge in [0, 0.05) is 5.88 Å². The molecule has 0 amide bonds. The van der Waals surface area contributed by atoms with Crippen molar-refractivity contribution in [2.75, 3.05) is 6.61 Å². The first-order valence-electron chi connectivity index (χ1n) is 4.63. The lowest BCUT2D eigenvalue weighted by Crippen LogP contribution is -2.08. The van der Waals surface area contributed by atoms with E-state index in [9.17, 15) is 9.90 Å². The number of aromatic hydroxyl groups is 1. The zero-order valence-electron chi connectivity index (χ0n) is 8.66. The van der Waals surface area contributed by atoms with Crippen molar-refractivity contribution in [2.45, 2.75) is 12.8 Å². The van der Waals surface area contributed by atoms with Gasteiger partial charge in [-0.25, -0.2) is 4.79 Å². The van der Waals surface area contributed by atoms with Crippen LogP contribution in [-0.4, -0.2) is 17.7 Å². The molecule has 0 atom stereocenters. The first-order valence-corrected chi connectivity index (χ1v) is 5.16. The van der Waals surface area contributed by atoms with Crippen LogP contribution < -0.4 is 0 Å². The Bertz CT molecular complexity index is 451. The maximum Gasteiger partial charge on any atom is 0.342 e. The van der Waals surface area contributed by atoms with Crippen molar-refractivity contribution in [1.29, 1.82) is 5.26 Å². The average molecular weight is 240 g/mol. The molecule has 1 aromatic carbocycles. The Morgan fingerprint density at radius 1 is 1.62 bits per heavy atom. The molecule has 0 aliphatic rings. The van der Waals surface area contributed by atoms with Gasteiger partial charge in [0.1, 0.15) is 11.3 Å². The number of nitriles is 1. The molecular formula is C11H10ClNO3. The quantitative estimate of drug-likeness (QED) is 0.648. The number of halogens is 1. The second kappa shape index (κ2) is 5.38. The largest absolute Gasteiger partial charge is 0.507 e. The summed E-state index contributed by atoms with van der Waals surface area (Å²) in [5, 5.41) is 18.3. The van der Waals surface area contributed by atoms with Crippen LogP contribution in [0.1, 0.15) is 28.4 Å². The van der Waals surface area contributed by atoms with Crippen LogP contribution in [0.4, 0.5) is 0 Å². The number of carbonyl (C=O) groups excluding carboxylic acids is 1. The minimum Gasteiger partial charge on any atom is -0.507 e. The second-order valence-corrected chi connectivity index (χ2v) is 3.26. The summed E-state index contributed by atoms with van der Waals surface area (Å²) >= 11 is 5.65. The monoisotopic (exact) mass is 239 g/mol. The van der Waals surface area contributed by atoms with Crippen LogP contribution >= 0.6 is 11.6 Å². The maximum atomic E-state index is 11.5. The predicted molar refractivity (Wildman–Crippen MR) is 58.3 cm³/mol. The van der Waals surface area contributed by atoms with Crippen molar-refractivity contribution in [3.63, 3.8) is 0 Å². The number of alkyl halides is 1. The summed E-state index contributed by atoms with van der Waals surface area (Å²) in [6.07, 6.45) is 0. The molecule has 0 spiro atoms. The summed E-state index contributed by atoms with van der Waals surface area (Å²) in [6.45, 7) is 1.87. The Morgan fingerprint density at radius 2 is 2.31 bits per heavy atom. The van der Waals surface area contributed by atoms with Gasteiger partial charge < -0.3 is 9.84 Å². The summed E-state index contributed by atoms with van der Waals surface area (Å²) in [7, 11) is 0. The third-order valence-corrected chi connectivity index (χ3v) is 2.24. The van der Waals surface area contributed by atoms with Crippen LogP contribution in [-0.2, 0) is 10.6 Å². The zero-order chi connectivity index (χ0) is 12.1. The van der Waals surface area contributed by atoms with E-state index in [1.807, 2.05) is 6.07 Å². The fourth-order valence-corrected chi connectivity index (χ4v) is 1.51. The molecule has 0 heterocycles. The van der Waals surface area contributed by atoms with Gasteiger partial charge in [-0.3, -0.25) is 0 Å². The highest BCUT2D eigenvalue weighted by molar-refractivity contribution is 6.17. The van der Waals surface area contributed by atoms with E-state index in [1.54, 1.807) is 6.92 Å². The number of nitrogens with zero attached hydrogens (tertiary/aromatic N) is 1. The van der Waals surface area contributed by atoms with E-state index in [0.717, 1.165) is 0 Å². The van der Waals surface area contributed by atoms with E-state index in [4.69, 9.17) is 21.6 Å². The SMILES string of the molecule is CCOC(=O)c1c(O)cc(C#N)cc1CCl. The number of carbonyl (C=O) groups is 1. The highest BCUT2D eigenvalue weighted by Crippen LogP contribution is 2.25. The van der Waals surface area contributed by atoms with Crippen molar-refractivity contribution >= 4 is 17.6 Å². The van der Waals surface area contributed by atoms with E-state index in [2.05, 4.69) is 0 Å². The summed E-state index contributed by atoms with van der Waals surface area (Å²) in [5.74, 6) is -0.898. The van der Waals surface area contributed by atoms with Crippen molar-refractivity contribution in [3.05, 3.63) is 28.8 Å². The Morgan fingerprint density at radius 3 is 2.81 bits per heavy atom. The highest BCUT2D eigenvalue weighted by Gasteiger charge is 2.18. The van der Waals surface area contributed by atoms with Gasteiger partial charge in [0.2, 0.25) is 0 Å². The van der Waals surface area contributed by atoms with Crippen molar-refractivity contribution < 1.29 is 14.6 Å². The van der Waals surface area contributed by atoms with E-state index in [0.29, 0.717) is 5.56 Å². The average Bonchev–Trinajstić information content (AvgIpc) is 2.27. The first kappa shape index (κ1) is 12.3. The molecule has 0 bridgehead atoms. The van der Waals surface area contributed by atoms with Gasteiger partial charge in [-0.2, -0.15) is 5.26 Å². The van der Waals surface area contributed by atoms with Gasteiger partial charge in [-0.15, -0.1) is 11.6 Å². The Hall–Kier alpha value is -1.73. The maximum absolute atomic E-state index is 11.5. The molecule has 0 aromatic heterocycles. The summed E-state index contributed by atoms with van der Waals surface area (Å²) in [6, 6.07) is 4.54. The van der Waals surface area contributed by atoms with Crippen LogP contribution in [0.25, 0.3) is 0 Å². The minimum atomic E-state index is -0.639. The summed E-state index contributed by atoms with van der Waals surface area (Å²) < 4.78 is 4.78. The number of phenols is 1. The van der Waals surface area contributed by atoms with Gasteiger partial charge >= 0.3 is 5.97 Å². The molecule has 0 saturated carbocycles. The Labute approximate surface area is 98.0 Å². The molecule has 84 valence electrons. The fourth-order valence-electron chi connectivity index (χ4n) is 1.29. The lowest BCUT2D eigenvalue weighted by atomic mass is 10.0. The van der Waals surface area contributed by atoms with E-state index < -0.39 is 5.97 Å². The van der Waals surface area contributed by atoms with Crippen LogP contribution in [0.2, 0.25) is 0 Å². The molecule has 1 aromatic rings. The van der Waals surface area contributed by atoms with Crippen molar-refractivity contribution in [2.24, 2.45) is 0 Å². The van der Waals surface area contributed by atoms with Crippen LogP contribution in [0.3, 0.4) is 0 Å². The Kier molecular flexibility index (Phi) is 4.15.